The van der Waals surface area contributed by atoms with Crippen LogP contribution in [0, 0.1) is 6.92 Å². The predicted molar refractivity (Wildman–Crippen MR) is 154 cm³/mol. The standard InChI is InChI=1S/C27H26N4OS3/c1-3-24(25(32)31-27-30-23(17-34-27)19-14-12-18(2)13-15-19)35-22-11-7-10-21(16-22)29-26(33)28-20-8-5-4-6-9-20/h4-17,24H,3H2,1-2H3,(H2,28,29,33)(H,30,31,32). The highest BCUT2D eigenvalue weighted by molar-refractivity contribution is 8.00. The van der Waals surface area contributed by atoms with E-state index in [-0.39, 0.29) is 11.2 Å². The van der Waals surface area contributed by atoms with Gasteiger partial charge < -0.3 is 16.0 Å². The van der Waals surface area contributed by atoms with Crippen LogP contribution in [0.5, 0.6) is 0 Å². The van der Waals surface area contributed by atoms with Crippen molar-refractivity contribution in [3.63, 3.8) is 0 Å². The fourth-order valence-corrected chi connectivity index (χ4v) is 5.29. The molecular weight excluding hydrogens is 493 g/mol. The van der Waals surface area contributed by atoms with Crippen molar-refractivity contribution in [1.29, 1.82) is 0 Å². The number of carbonyl (C=O) groups is 1. The highest BCUT2D eigenvalue weighted by Gasteiger charge is 2.19. The lowest BCUT2D eigenvalue weighted by molar-refractivity contribution is -0.115. The molecule has 3 aromatic carbocycles. The molecule has 0 fully saturated rings. The van der Waals surface area contributed by atoms with Crippen molar-refractivity contribution in [2.45, 2.75) is 30.4 Å². The van der Waals surface area contributed by atoms with Gasteiger partial charge in [0.1, 0.15) is 0 Å². The molecule has 4 rings (SSSR count). The van der Waals surface area contributed by atoms with E-state index in [4.69, 9.17) is 12.2 Å². The number of aryl methyl sites for hydroxylation is 1. The number of thioether (sulfide) groups is 1. The molecule has 1 aromatic heterocycles. The second-order valence-electron chi connectivity index (χ2n) is 7.88. The van der Waals surface area contributed by atoms with Crippen LogP contribution in [0.1, 0.15) is 18.9 Å². The van der Waals surface area contributed by atoms with Crippen LogP contribution in [-0.4, -0.2) is 21.3 Å². The number of nitrogens with zero attached hydrogens (tertiary/aromatic N) is 1. The Bertz CT molecular complexity index is 1290. The number of benzene rings is 3. The quantitative estimate of drug-likeness (QED) is 0.166. The van der Waals surface area contributed by atoms with E-state index >= 15 is 0 Å². The monoisotopic (exact) mass is 518 g/mol. The van der Waals surface area contributed by atoms with E-state index in [1.54, 1.807) is 0 Å². The first-order chi connectivity index (χ1) is 17.0. The Morgan fingerprint density at radius 1 is 0.971 bits per heavy atom. The van der Waals surface area contributed by atoms with Gasteiger partial charge >= 0.3 is 0 Å². The lowest BCUT2D eigenvalue weighted by atomic mass is 10.1. The number of thiazole rings is 1. The van der Waals surface area contributed by atoms with Crippen molar-refractivity contribution in [2.24, 2.45) is 0 Å². The number of rotatable bonds is 8. The minimum atomic E-state index is -0.244. The highest BCUT2D eigenvalue weighted by Crippen LogP contribution is 2.30. The van der Waals surface area contributed by atoms with Crippen LogP contribution in [0.25, 0.3) is 11.3 Å². The summed E-state index contributed by atoms with van der Waals surface area (Å²) in [5, 5.41) is 12.2. The second-order valence-corrected chi connectivity index (χ2v) is 10.4. The number of aromatic nitrogens is 1. The van der Waals surface area contributed by atoms with Crippen molar-refractivity contribution in [3.05, 3.63) is 89.8 Å². The zero-order valence-corrected chi connectivity index (χ0v) is 21.9. The van der Waals surface area contributed by atoms with Crippen molar-refractivity contribution in [3.8, 4) is 11.3 Å². The van der Waals surface area contributed by atoms with E-state index in [9.17, 15) is 4.79 Å². The number of nitrogens with one attached hydrogen (secondary N) is 3. The van der Waals surface area contributed by atoms with E-state index in [0.29, 0.717) is 16.7 Å². The summed E-state index contributed by atoms with van der Waals surface area (Å²) >= 11 is 8.40. The smallest absolute Gasteiger partial charge is 0.239 e. The molecule has 178 valence electrons. The summed E-state index contributed by atoms with van der Waals surface area (Å²) in [4.78, 5) is 18.6. The molecule has 4 aromatic rings. The van der Waals surface area contributed by atoms with E-state index in [1.807, 2.05) is 79.0 Å². The molecule has 35 heavy (non-hydrogen) atoms. The zero-order chi connectivity index (χ0) is 24.6. The van der Waals surface area contributed by atoms with Crippen LogP contribution in [0.2, 0.25) is 0 Å². The maximum Gasteiger partial charge on any atom is 0.239 e. The molecule has 3 N–H and O–H groups in total. The highest BCUT2D eigenvalue weighted by atomic mass is 32.2. The molecular formula is C27H26N4OS3. The third kappa shape index (κ3) is 7.14. The Morgan fingerprint density at radius 3 is 2.43 bits per heavy atom. The van der Waals surface area contributed by atoms with Crippen LogP contribution in [0.4, 0.5) is 16.5 Å². The molecule has 1 amide bonds. The number of thiocarbonyl (C=S) groups is 1. The Morgan fingerprint density at radius 2 is 1.69 bits per heavy atom. The van der Waals surface area contributed by atoms with E-state index in [2.05, 4.69) is 40.0 Å². The summed E-state index contributed by atoms with van der Waals surface area (Å²) in [6, 6.07) is 25.9. The number of amides is 1. The molecule has 0 aliphatic rings. The van der Waals surface area contributed by atoms with Gasteiger partial charge in [-0.15, -0.1) is 23.1 Å². The normalized spacial score (nSPS) is 11.5. The van der Waals surface area contributed by atoms with Gasteiger partial charge in [-0.1, -0.05) is 61.0 Å². The van der Waals surface area contributed by atoms with Crippen molar-refractivity contribution in [1.82, 2.24) is 4.98 Å². The summed E-state index contributed by atoms with van der Waals surface area (Å²) in [6.07, 6.45) is 0.693. The van der Waals surface area contributed by atoms with Gasteiger partial charge in [0.2, 0.25) is 5.91 Å². The van der Waals surface area contributed by atoms with Gasteiger partial charge in [-0.3, -0.25) is 4.79 Å². The maximum atomic E-state index is 13.0. The fourth-order valence-electron chi connectivity index (χ4n) is 3.32. The summed E-state index contributed by atoms with van der Waals surface area (Å²) < 4.78 is 0. The maximum absolute atomic E-state index is 13.0. The topological polar surface area (TPSA) is 66.0 Å². The number of hydrogen-bond acceptors (Lipinski definition) is 5. The Labute approximate surface area is 219 Å². The fraction of sp³-hybridized carbons (Fsp3) is 0.148. The van der Waals surface area contributed by atoms with Gasteiger partial charge in [0.05, 0.1) is 10.9 Å². The Hall–Kier alpha value is -3.20. The average molecular weight is 519 g/mol. The molecule has 0 aliphatic carbocycles. The van der Waals surface area contributed by atoms with Gasteiger partial charge in [0.25, 0.3) is 0 Å². The zero-order valence-electron chi connectivity index (χ0n) is 19.4. The second kappa shape index (κ2) is 12.0. The van der Waals surface area contributed by atoms with E-state index < -0.39 is 0 Å². The number of para-hydroxylation sites is 1. The molecule has 0 radical (unpaired) electrons. The first kappa shape index (κ1) is 24.9. The number of anilines is 3. The first-order valence-electron chi connectivity index (χ1n) is 11.2. The number of hydrogen-bond donors (Lipinski definition) is 3. The Kier molecular flexibility index (Phi) is 8.52. The first-order valence-corrected chi connectivity index (χ1v) is 13.4. The van der Waals surface area contributed by atoms with Crippen LogP contribution in [-0.2, 0) is 4.79 Å². The third-order valence-electron chi connectivity index (χ3n) is 5.15. The van der Waals surface area contributed by atoms with E-state index in [1.165, 1.54) is 28.7 Å². The molecule has 0 saturated carbocycles. The van der Waals surface area contributed by atoms with Gasteiger partial charge in [0, 0.05) is 27.2 Å². The minimum absolute atomic E-state index is 0.0538. The molecule has 1 unspecified atom stereocenters. The van der Waals surface area contributed by atoms with Crippen molar-refractivity contribution in [2.75, 3.05) is 16.0 Å². The van der Waals surface area contributed by atoms with Gasteiger partial charge in [-0.05, 0) is 55.9 Å². The van der Waals surface area contributed by atoms with Crippen molar-refractivity contribution < 1.29 is 4.79 Å². The molecule has 1 atom stereocenters. The van der Waals surface area contributed by atoms with Crippen LogP contribution < -0.4 is 16.0 Å². The lowest BCUT2D eigenvalue weighted by Gasteiger charge is -2.15. The van der Waals surface area contributed by atoms with Crippen LogP contribution in [0.3, 0.4) is 0 Å². The number of carbonyl (C=O) groups excluding carboxylic acids is 1. The minimum Gasteiger partial charge on any atom is -0.332 e. The van der Waals surface area contributed by atoms with Gasteiger partial charge in [0.15, 0.2) is 10.2 Å². The van der Waals surface area contributed by atoms with E-state index in [0.717, 1.165) is 27.5 Å². The molecule has 0 saturated heterocycles. The molecule has 0 bridgehead atoms. The molecule has 0 spiro atoms. The summed E-state index contributed by atoms with van der Waals surface area (Å²) in [5.41, 5.74) is 4.89. The Balaban J connectivity index is 1.36. The van der Waals surface area contributed by atoms with Crippen molar-refractivity contribution >= 4 is 62.8 Å². The van der Waals surface area contributed by atoms with Crippen LogP contribution >= 0.6 is 35.3 Å². The largest absolute Gasteiger partial charge is 0.332 e. The molecule has 1 heterocycles. The lowest BCUT2D eigenvalue weighted by Crippen LogP contribution is -2.24. The summed E-state index contributed by atoms with van der Waals surface area (Å²) in [6.45, 7) is 4.07. The predicted octanol–water partition coefficient (Wildman–Crippen LogP) is 7.44. The molecule has 5 nitrogen and oxygen atoms in total. The third-order valence-corrected chi connectivity index (χ3v) is 7.47. The molecule has 0 aliphatic heterocycles. The van der Waals surface area contributed by atoms with Gasteiger partial charge in [-0.25, -0.2) is 4.98 Å². The summed E-state index contributed by atoms with van der Waals surface area (Å²) in [7, 11) is 0. The summed E-state index contributed by atoms with van der Waals surface area (Å²) in [5.74, 6) is -0.0538. The van der Waals surface area contributed by atoms with Crippen LogP contribution in [0.15, 0.2) is 89.1 Å². The van der Waals surface area contributed by atoms with Gasteiger partial charge in [-0.2, -0.15) is 0 Å². The SMILES string of the molecule is CCC(Sc1cccc(NC(=S)Nc2ccccc2)c1)C(=O)Nc1nc(-c2ccc(C)cc2)cs1. The average Bonchev–Trinajstić information content (AvgIpc) is 3.32. The molecule has 8 heteroatoms.